The predicted molar refractivity (Wildman–Crippen MR) is 99.5 cm³/mol. The van der Waals surface area contributed by atoms with E-state index in [1.807, 2.05) is 36.0 Å². The molecule has 0 bridgehead atoms. The van der Waals surface area contributed by atoms with Crippen LogP contribution in [0.2, 0.25) is 5.02 Å². The van der Waals surface area contributed by atoms with Crippen LogP contribution >= 0.6 is 11.6 Å². The van der Waals surface area contributed by atoms with E-state index in [-0.39, 0.29) is 11.9 Å². The first-order valence-corrected chi connectivity index (χ1v) is 9.22. The minimum Gasteiger partial charge on any atom is -0.352 e. The lowest BCUT2D eigenvalue weighted by Gasteiger charge is -2.33. The average molecular weight is 361 g/mol. The average Bonchev–Trinajstić information content (AvgIpc) is 3.01. The van der Waals surface area contributed by atoms with Crippen molar-refractivity contribution in [2.45, 2.75) is 45.3 Å². The van der Waals surface area contributed by atoms with Crippen molar-refractivity contribution in [3.8, 4) is 0 Å². The molecule has 6 heteroatoms. The number of rotatable bonds is 6. The second kappa shape index (κ2) is 8.50. The van der Waals surface area contributed by atoms with Crippen LogP contribution in [0.1, 0.15) is 30.5 Å². The third kappa shape index (κ3) is 5.58. The first kappa shape index (κ1) is 18.0. The van der Waals surface area contributed by atoms with Crippen molar-refractivity contribution < 1.29 is 4.79 Å². The van der Waals surface area contributed by atoms with Crippen LogP contribution in [0.4, 0.5) is 0 Å². The number of carbonyl (C=O) groups excluding carboxylic acids is 1. The van der Waals surface area contributed by atoms with Crippen molar-refractivity contribution >= 4 is 17.5 Å². The zero-order valence-electron chi connectivity index (χ0n) is 14.6. The Morgan fingerprint density at radius 3 is 2.84 bits per heavy atom. The van der Waals surface area contributed by atoms with E-state index in [1.54, 1.807) is 0 Å². The van der Waals surface area contributed by atoms with Gasteiger partial charge in [-0.25, -0.2) is 0 Å². The molecule has 2 aromatic rings. The van der Waals surface area contributed by atoms with Gasteiger partial charge < -0.3 is 5.32 Å². The third-order valence-corrected chi connectivity index (χ3v) is 4.78. The Hall–Kier alpha value is -1.85. The number of hydrogen-bond donors (Lipinski definition) is 1. The van der Waals surface area contributed by atoms with Crippen LogP contribution in [0, 0.1) is 6.92 Å². The van der Waals surface area contributed by atoms with E-state index in [0.717, 1.165) is 43.2 Å². The molecule has 1 amide bonds. The van der Waals surface area contributed by atoms with Crippen molar-refractivity contribution in [3.05, 3.63) is 52.8 Å². The van der Waals surface area contributed by atoms with Crippen LogP contribution in [0.15, 0.2) is 36.5 Å². The summed E-state index contributed by atoms with van der Waals surface area (Å²) in [5.41, 5.74) is 2.23. The van der Waals surface area contributed by atoms with Crippen molar-refractivity contribution in [2.75, 3.05) is 13.1 Å². The quantitative estimate of drug-likeness (QED) is 0.861. The first-order valence-electron chi connectivity index (χ1n) is 8.85. The van der Waals surface area contributed by atoms with Crippen LogP contribution in [-0.2, 0) is 17.9 Å². The normalized spacial score (nSPS) is 18.2. The zero-order valence-corrected chi connectivity index (χ0v) is 15.4. The maximum Gasteiger partial charge on any atom is 0.222 e. The number of hydrogen-bond acceptors (Lipinski definition) is 3. The molecular formula is C19H25ClN4O. The Morgan fingerprint density at radius 2 is 2.12 bits per heavy atom. The molecule has 1 unspecified atom stereocenters. The van der Waals surface area contributed by atoms with Gasteiger partial charge in [0.1, 0.15) is 0 Å². The SMILES string of the molecule is Cc1ccn(CCC(=O)NC2CCCN(Cc3ccc(Cl)cc3)C2)n1. The number of amides is 1. The first-order chi connectivity index (χ1) is 12.1. The Bertz CT molecular complexity index is 698. The molecule has 134 valence electrons. The molecule has 0 radical (unpaired) electrons. The van der Waals surface area contributed by atoms with Crippen molar-refractivity contribution in [1.82, 2.24) is 20.0 Å². The van der Waals surface area contributed by atoms with Crippen molar-refractivity contribution in [2.24, 2.45) is 0 Å². The topological polar surface area (TPSA) is 50.2 Å². The van der Waals surface area contributed by atoms with E-state index in [9.17, 15) is 4.79 Å². The predicted octanol–water partition coefficient (Wildman–Crippen LogP) is 3.02. The van der Waals surface area contributed by atoms with Gasteiger partial charge in [0.25, 0.3) is 0 Å². The van der Waals surface area contributed by atoms with Crippen LogP contribution in [0.25, 0.3) is 0 Å². The largest absolute Gasteiger partial charge is 0.352 e. The summed E-state index contributed by atoms with van der Waals surface area (Å²) in [7, 11) is 0. The van der Waals surface area contributed by atoms with Crippen LogP contribution in [-0.4, -0.2) is 39.7 Å². The molecule has 1 saturated heterocycles. The molecule has 0 aliphatic carbocycles. The van der Waals surface area contributed by atoms with Crippen LogP contribution < -0.4 is 5.32 Å². The fraction of sp³-hybridized carbons (Fsp3) is 0.474. The standard InChI is InChI=1S/C19H25ClN4O/c1-15-8-11-24(22-15)12-9-19(25)21-18-3-2-10-23(14-18)13-16-4-6-17(20)7-5-16/h4-8,11,18H,2-3,9-10,12-14H2,1H3,(H,21,25). The molecule has 1 aromatic carbocycles. The Morgan fingerprint density at radius 1 is 1.32 bits per heavy atom. The summed E-state index contributed by atoms with van der Waals surface area (Å²) in [6, 6.07) is 10.2. The molecule has 1 N–H and O–H groups in total. The highest BCUT2D eigenvalue weighted by Crippen LogP contribution is 2.16. The number of halogens is 1. The van der Waals surface area contributed by atoms with E-state index in [0.29, 0.717) is 13.0 Å². The maximum absolute atomic E-state index is 12.2. The highest BCUT2D eigenvalue weighted by Gasteiger charge is 2.21. The molecule has 0 saturated carbocycles. The fourth-order valence-corrected chi connectivity index (χ4v) is 3.39. The molecule has 1 fully saturated rings. The summed E-state index contributed by atoms with van der Waals surface area (Å²) in [6.07, 6.45) is 4.53. The molecule has 3 rings (SSSR count). The highest BCUT2D eigenvalue weighted by molar-refractivity contribution is 6.30. The van der Waals surface area contributed by atoms with E-state index in [4.69, 9.17) is 11.6 Å². The van der Waals surface area contributed by atoms with Gasteiger partial charge in [0.05, 0.1) is 5.69 Å². The van der Waals surface area contributed by atoms with Gasteiger partial charge in [-0.2, -0.15) is 5.10 Å². The van der Waals surface area contributed by atoms with E-state index in [1.165, 1.54) is 5.56 Å². The van der Waals surface area contributed by atoms with Crippen molar-refractivity contribution in [3.63, 3.8) is 0 Å². The molecular weight excluding hydrogens is 336 g/mol. The lowest BCUT2D eigenvalue weighted by atomic mass is 10.0. The number of nitrogens with one attached hydrogen (secondary N) is 1. The van der Waals surface area contributed by atoms with Crippen LogP contribution in [0.3, 0.4) is 0 Å². The second-order valence-electron chi connectivity index (χ2n) is 6.74. The molecule has 1 aliphatic rings. The zero-order chi connectivity index (χ0) is 17.6. The number of benzene rings is 1. The Balaban J connectivity index is 1.44. The second-order valence-corrected chi connectivity index (χ2v) is 7.17. The molecule has 2 heterocycles. The number of piperidine rings is 1. The molecule has 1 atom stereocenters. The van der Waals surface area contributed by atoms with Gasteiger partial charge >= 0.3 is 0 Å². The number of aromatic nitrogens is 2. The fourth-order valence-electron chi connectivity index (χ4n) is 3.27. The summed E-state index contributed by atoms with van der Waals surface area (Å²) in [4.78, 5) is 14.6. The van der Waals surface area contributed by atoms with E-state index in [2.05, 4.69) is 27.4 Å². The number of carbonyl (C=O) groups is 1. The summed E-state index contributed by atoms with van der Waals surface area (Å²) < 4.78 is 1.82. The molecule has 5 nitrogen and oxygen atoms in total. The van der Waals surface area contributed by atoms with Crippen LogP contribution in [0.5, 0.6) is 0 Å². The lowest BCUT2D eigenvalue weighted by molar-refractivity contribution is -0.122. The summed E-state index contributed by atoms with van der Waals surface area (Å²) in [5.74, 6) is 0.103. The molecule has 1 aromatic heterocycles. The van der Waals surface area contributed by atoms with Crippen molar-refractivity contribution in [1.29, 1.82) is 0 Å². The lowest BCUT2D eigenvalue weighted by Crippen LogP contribution is -2.47. The van der Waals surface area contributed by atoms with Gasteiger partial charge in [-0.3, -0.25) is 14.4 Å². The molecule has 1 aliphatic heterocycles. The number of aryl methyl sites for hydroxylation is 2. The van der Waals surface area contributed by atoms with Gasteiger partial charge in [-0.15, -0.1) is 0 Å². The third-order valence-electron chi connectivity index (χ3n) is 4.53. The minimum atomic E-state index is 0.103. The van der Waals surface area contributed by atoms with Gasteiger partial charge in [-0.05, 0) is 50.1 Å². The van der Waals surface area contributed by atoms with E-state index >= 15 is 0 Å². The van der Waals surface area contributed by atoms with Gasteiger partial charge in [0.15, 0.2) is 0 Å². The smallest absolute Gasteiger partial charge is 0.222 e. The summed E-state index contributed by atoms with van der Waals surface area (Å²) >= 11 is 5.94. The Labute approximate surface area is 154 Å². The summed E-state index contributed by atoms with van der Waals surface area (Å²) in [6.45, 7) is 5.45. The Kier molecular flexibility index (Phi) is 6.10. The number of likely N-dealkylation sites (tertiary alicyclic amines) is 1. The molecule has 0 spiro atoms. The van der Waals surface area contributed by atoms with Gasteiger partial charge in [0, 0.05) is 43.3 Å². The summed E-state index contributed by atoms with van der Waals surface area (Å²) in [5, 5.41) is 8.26. The van der Waals surface area contributed by atoms with Gasteiger partial charge in [0.2, 0.25) is 5.91 Å². The number of nitrogens with zero attached hydrogens (tertiary/aromatic N) is 3. The van der Waals surface area contributed by atoms with E-state index < -0.39 is 0 Å². The maximum atomic E-state index is 12.2. The minimum absolute atomic E-state index is 0.103. The monoisotopic (exact) mass is 360 g/mol. The molecule has 25 heavy (non-hydrogen) atoms. The highest BCUT2D eigenvalue weighted by atomic mass is 35.5. The van der Waals surface area contributed by atoms with Gasteiger partial charge in [-0.1, -0.05) is 23.7 Å².